The van der Waals surface area contributed by atoms with Crippen LogP contribution in [0.5, 0.6) is 0 Å². The van der Waals surface area contributed by atoms with Gasteiger partial charge in [0.2, 0.25) is 0 Å². The van der Waals surface area contributed by atoms with Crippen molar-refractivity contribution in [3.8, 4) is 12.3 Å². The highest BCUT2D eigenvalue weighted by Crippen LogP contribution is 1.73. The molecule has 0 heterocycles. The quantitative estimate of drug-likeness (QED) is 0.432. The first kappa shape index (κ1) is 7.63. The summed E-state index contributed by atoms with van der Waals surface area (Å²) in [5.41, 5.74) is 0. The minimum atomic E-state index is -1.00. The fraction of sp³-hybridized carbons (Fsp3) is 0.400. The van der Waals surface area contributed by atoms with Crippen molar-refractivity contribution in [1.29, 1.82) is 0 Å². The van der Waals surface area contributed by atoms with Crippen LogP contribution in [0, 0.1) is 12.3 Å². The van der Waals surface area contributed by atoms with Crippen molar-refractivity contribution in [2.45, 2.75) is 0 Å². The predicted octanol–water partition coefficient (Wildman–Crippen LogP) is 0.156. The first-order chi connectivity index (χ1) is 4.27. The minimum Gasteiger partial charge on any atom is -0.480 e. The Kier molecular flexibility index (Phi) is 4.05. The normalized spacial score (nSPS) is 9.22. The highest BCUT2D eigenvalue weighted by molar-refractivity contribution is 5.69. The van der Waals surface area contributed by atoms with Crippen LogP contribution in [0.4, 0.5) is 0 Å². The van der Waals surface area contributed by atoms with Crippen LogP contribution in [-0.2, 0) is 4.79 Å². The third kappa shape index (κ3) is 6.63. The lowest BCUT2D eigenvalue weighted by atomic mass is 10.7. The second-order valence-corrected chi connectivity index (χ2v) is 1.20. The van der Waals surface area contributed by atoms with E-state index in [-0.39, 0.29) is 13.1 Å². The third-order valence-corrected chi connectivity index (χ3v) is 0.468. The van der Waals surface area contributed by atoms with Crippen LogP contribution in [0.1, 0.15) is 0 Å². The zero-order valence-electron chi connectivity index (χ0n) is 4.74. The van der Waals surface area contributed by atoms with Crippen LogP contribution >= 0.6 is 0 Å². The average molecular weight is 126 g/mol. The summed E-state index contributed by atoms with van der Waals surface area (Å²) in [6.07, 6.45) is 4.79. The van der Waals surface area contributed by atoms with Gasteiger partial charge in [-0.2, -0.15) is 10.2 Å². The number of carboxylic acid groups (broad SMARTS) is 1. The van der Waals surface area contributed by atoms with E-state index < -0.39 is 5.97 Å². The Hall–Kier alpha value is -1.37. The van der Waals surface area contributed by atoms with Crippen LogP contribution in [0.15, 0.2) is 10.2 Å². The summed E-state index contributed by atoms with van der Waals surface area (Å²) < 4.78 is 0. The Labute approximate surface area is 52.6 Å². The van der Waals surface area contributed by atoms with Crippen molar-refractivity contribution >= 4 is 5.97 Å². The van der Waals surface area contributed by atoms with E-state index in [2.05, 4.69) is 16.1 Å². The zero-order chi connectivity index (χ0) is 7.11. The number of carboxylic acids is 1. The number of terminal acetylenes is 1. The van der Waals surface area contributed by atoms with Crippen molar-refractivity contribution in [3.05, 3.63) is 0 Å². The molecular weight excluding hydrogens is 120 g/mol. The monoisotopic (exact) mass is 126 g/mol. The molecule has 0 aliphatic heterocycles. The number of aliphatic carboxylic acids is 1. The summed E-state index contributed by atoms with van der Waals surface area (Å²) in [4.78, 5) is 9.76. The second kappa shape index (κ2) is 4.78. The first-order valence-corrected chi connectivity index (χ1v) is 2.26. The van der Waals surface area contributed by atoms with Crippen molar-refractivity contribution in [1.82, 2.24) is 0 Å². The van der Waals surface area contributed by atoms with E-state index in [0.29, 0.717) is 0 Å². The van der Waals surface area contributed by atoms with Gasteiger partial charge in [0.05, 0.1) is 0 Å². The molecule has 4 heteroatoms. The molecule has 0 spiro atoms. The molecule has 0 saturated carbocycles. The average Bonchev–Trinajstić information content (AvgIpc) is 1.80. The van der Waals surface area contributed by atoms with Gasteiger partial charge in [-0.25, -0.2) is 0 Å². The Morgan fingerprint density at radius 1 is 1.67 bits per heavy atom. The number of carbonyl (C=O) groups is 1. The molecule has 0 fully saturated rings. The van der Waals surface area contributed by atoms with Crippen LogP contribution in [0.2, 0.25) is 0 Å². The van der Waals surface area contributed by atoms with Gasteiger partial charge in [0.1, 0.15) is 6.54 Å². The molecule has 0 aliphatic carbocycles. The van der Waals surface area contributed by atoms with Crippen molar-refractivity contribution in [2.24, 2.45) is 10.2 Å². The Morgan fingerprint density at radius 2 is 2.33 bits per heavy atom. The van der Waals surface area contributed by atoms with Crippen molar-refractivity contribution < 1.29 is 9.90 Å². The van der Waals surface area contributed by atoms with E-state index >= 15 is 0 Å². The minimum absolute atomic E-state index is 0.146. The molecule has 0 aromatic rings. The zero-order valence-corrected chi connectivity index (χ0v) is 4.74. The maximum Gasteiger partial charge on any atom is 0.327 e. The molecule has 0 aromatic carbocycles. The van der Waals surface area contributed by atoms with Gasteiger partial charge in [-0.15, -0.1) is 6.42 Å². The van der Waals surface area contributed by atoms with E-state index in [0.717, 1.165) is 0 Å². The van der Waals surface area contributed by atoms with Crippen LogP contribution in [0.3, 0.4) is 0 Å². The van der Waals surface area contributed by atoms with E-state index in [1.807, 2.05) is 0 Å². The molecule has 0 saturated heterocycles. The fourth-order valence-electron chi connectivity index (χ4n) is 0.201. The van der Waals surface area contributed by atoms with Crippen molar-refractivity contribution in [3.63, 3.8) is 0 Å². The lowest BCUT2D eigenvalue weighted by molar-refractivity contribution is -0.135. The fourth-order valence-corrected chi connectivity index (χ4v) is 0.201. The molecule has 0 bridgehead atoms. The number of hydrogen-bond acceptors (Lipinski definition) is 3. The molecule has 0 atom stereocenters. The number of hydrogen-bond donors (Lipinski definition) is 1. The van der Waals surface area contributed by atoms with Gasteiger partial charge in [0.25, 0.3) is 0 Å². The molecule has 0 aromatic heterocycles. The van der Waals surface area contributed by atoms with Gasteiger partial charge < -0.3 is 5.11 Å². The van der Waals surface area contributed by atoms with Gasteiger partial charge in [-0.1, -0.05) is 5.92 Å². The van der Waals surface area contributed by atoms with E-state index in [1.165, 1.54) is 0 Å². The molecule has 0 radical (unpaired) electrons. The SMILES string of the molecule is C#CCN=NCC(=O)O. The summed E-state index contributed by atoms with van der Waals surface area (Å²) in [7, 11) is 0. The van der Waals surface area contributed by atoms with E-state index in [9.17, 15) is 4.79 Å². The third-order valence-electron chi connectivity index (χ3n) is 0.468. The lowest BCUT2D eigenvalue weighted by Crippen LogP contribution is -1.97. The van der Waals surface area contributed by atoms with Crippen molar-refractivity contribution in [2.75, 3.05) is 13.1 Å². The summed E-state index contributed by atoms with van der Waals surface area (Å²) in [5, 5.41) is 14.6. The molecular formula is C5H6N2O2. The maximum absolute atomic E-state index is 9.76. The van der Waals surface area contributed by atoms with E-state index in [1.54, 1.807) is 0 Å². The van der Waals surface area contributed by atoms with E-state index in [4.69, 9.17) is 11.5 Å². The van der Waals surface area contributed by atoms with Gasteiger partial charge in [0.15, 0.2) is 6.54 Å². The van der Waals surface area contributed by atoms with Gasteiger partial charge in [-0.05, 0) is 0 Å². The summed E-state index contributed by atoms with van der Waals surface area (Å²) >= 11 is 0. The second-order valence-electron chi connectivity index (χ2n) is 1.20. The smallest absolute Gasteiger partial charge is 0.327 e. The standard InChI is InChI=1S/C5H6N2O2/c1-2-3-6-7-4-5(8)9/h1H,3-4H2,(H,8,9). The predicted molar refractivity (Wildman–Crippen MR) is 31.1 cm³/mol. The number of nitrogens with zero attached hydrogens (tertiary/aromatic N) is 2. The van der Waals surface area contributed by atoms with Gasteiger partial charge >= 0.3 is 5.97 Å². The van der Waals surface area contributed by atoms with Crippen LogP contribution in [-0.4, -0.2) is 24.2 Å². The molecule has 1 N–H and O–H groups in total. The Balaban J connectivity index is 3.28. The maximum atomic E-state index is 9.76. The number of azo groups is 1. The number of rotatable bonds is 3. The highest BCUT2D eigenvalue weighted by Gasteiger charge is 1.88. The molecule has 48 valence electrons. The van der Waals surface area contributed by atoms with Gasteiger partial charge in [-0.3, -0.25) is 4.79 Å². The summed E-state index contributed by atoms with van der Waals surface area (Å²) in [6.45, 7) is -0.158. The van der Waals surface area contributed by atoms with Crippen LogP contribution < -0.4 is 0 Å². The Bertz CT molecular complexity index is 157. The molecule has 9 heavy (non-hydrogen) atoms. The van der Waals surface area contributed by atoms with Gasteiger partial charge in [0, 0.05) is 0 Å². The first-order valence-electron chi connectivity index (χ1n) is 2.26. The highest BCUT2D eigenvalue weighted by atomic mass is 16.4. The molecule has 4 nitrogen and oxygen atoms in total. The Morgan fingerprint density at radius 3 is 2.78 bits per heavy atom. The lowest BCUT2D eigenvalue weighted by Gasteiger charge is -1.80. The summed E-state index contributed by atoms with van der Waals surface area (Å²) in [6, 6.07) is 0. The molecule has 0 amide bonds. The van der Waals surface area contributed by atoms with Crippen LogP contribution in [0.25, 0.3) is 0 Å². The largest absolute Gasteiger partial charge is 0.480 e. The molecule has 0 aliphatic rings. The molecule has 0 unspecified atom stereocenters. The summed E-state index contributed by atoms with van der Waals surface area (Å²) in [5.74, 6) is 1.18. The topological polar surface area (TPSA) is 62.0 Å². The molecule has 0 rings (SSSR count).